The summed E-state index contributed by atoms with van der Waals surface area (Å²) < 4.78 is 38.3. The van der Waals surface area contributed by atoms with Crippen LogP contribution < -0.4 is 5.73 Å². The summed E-state index contributed by atoms with van der Waals surface area (Å²) in [7, 11) is 5.40. The van der Waals surface area contributed by atoms with E-state index in [-0.39, 0.29) is 11.3 Å². The lowest BCUT2D eigenvalue weighted by Gasteiger charge is -2.19. The summed E-state index contributed by atoms with van der Waals surface area (Å²) in [6, 6.07) is 3.24. The van der Waals surface area contributed by atoms with E-state index >= 15 is 0 Å². The molecule has 0 aromatic heterocycles. The maximum Gasteiger partial charge on any atom is 0.418 e. The molecule has 0 aliphatic heterocycles. The fourth-order valence-corrected chi connectivity index (χ4v) is 1.88. The van der Waals surface area contributed by atoms with Gasteiger partial charge in [-0.1, -0.05) is 0 Å². The zero-order chi connectivity index (χ0) is 16.2. The topological polar surface area (TPSA) is 49.6 Å². The zero-order valence-corrected chi connectivity index (χ0v) is 12.4. The van der Waals surface area contributed by atoms with Crippen molar-refractivity contribution in [2.24, 2.45) is 0 Å². The van der Waals surface area contributed by atoms with Gasteiger partial charge in [-0.3, -0.25) is 4.79 Å². The number of amides is 1. The molecule has 2 N–H and O–H groups in total. The van der Waals surface area contributed by atoms with Gasteiger partial charge in [-0.25, -0.2) is 0 Å². The Morgan fingerprint density at radius 1 is 1.19 bits per heavy atom. The second-order valence-corrected chi connectivity index (χ2v) is 5.18. The summed E-state index contributed by atoms with van der Waals surface area (Å²) in [6.45, 7) is 1.27. The Kier molecular flexibility index (Phi) is 5.60. The van der Waals surface area contributed by atoms with Crippen LogP contribution in [0.3, 0.4) is 0 Å². The van der Waals surface area contributed by atoms with Gasteiger partial charge in [-0.2, -0.15) is 13.2 Å². The lowest BCUT2D eigenvalue weighted by molar-refractivity contribution is -0.136. The van der Waals surface area contributed by atoms with Gasteiger partial charge in [-0.05, 0) is 45.3 Å². The average molecular weight is 303 g/mol. The van der Waals surface area contributed by atoms with Crippen molar-refractivity contribution < 1.29 is 18.0 Å². The number of nitrogens with two attached hydrogens (primary N) is 1. The van der Waals surface area contributed by atoms with E-state index in [1.807, 2.05) is 19.0 Å². The summed E-state index contributed by atoms with van der Waals surface area (Å²) in [5, 5.41) is 0. The first-order valence-electron chi connectivity index (χ1n) is 6.50. The van der Waals surface area contributed by atoms with Gasteiger partial charge >= 0.3 is 6.18 Å². The molecule has 0 spiro atoms. The number of alkyl halides is 3. The average Bonchev–Trinajstić information content (AvgIpc) is 2.36. The van der Waals surface area contributed by atoms with Crippen LogP contribution in [0.4, 0.5) is 18.9 Å². The van der Waals surface area contributed by atoms with Gasteiger partial charge in [0, 0.05) is 24.8 Å². The smallest absolute Gasteiger partial charge is 0.398 e. The van der Waals surface area contributed by atoms with Crippen molar-refractivity contribution in [2.45, 2.75) is 12.6 Å². The Balaban J connectivity index is 2.83. The van der Waals surface area contributed by atoms with Crippen molar-refractivity contribution in [1.29, 1.82) is 0 Å². The molecule has 0 aliphatic carbocycles. The first kappa shape index (κ1) is 17.3. The molecule has 0 fully saturated rings. The fraction of sp³-hybridized carbons (Fsp3) is 0.500. The maximum absolute atomic E-state index is 12.8. The highest BCUT2D eigenvalue weighted by molar-refractivity contribution is 5.94. The van der Waals surface area contributed by atoms with E-state index in [2.05, 4.69) is 0 Å². The first-order chi connectivity index (χ1) is 9.62. The molecule has 4 nitrogen and oxygen atoms in total. The molecule has 0 bridgehead atoms. The zero-order valence-electron chi connectivity index (χ0n) is 12.4. The Hall–Kier alpha value is -1.76. The quantitative estimate of drug-likeness (QED) is 0.849. The Bertz CT molecular complexity index is 501. The molecule has 0 heterocycles. The predicted octanol–water partition coefficient (Wildman–Crippen LogP) is 2.31. The maximum atomic E-state index is 12.8. The van der Waals surface area contributed by atoms with Crippen molar-refractivity contribution in [2.75, 3.05) is 40.0 Å². The van der Waals surface area contributed by atoms with E-state index < -0.39 is 17.6 Å². The minimum atomic E-state index is -4.57. The summed E-state index contributed by atoms with van der Waals surface area (Å²) in [5.41, 5.74) is 3.95. The SMILES string of the molecule is CN(C)CCCN(C)C(=O)c1ccc(N)c(C(F)(F)F)c1. The number of anilines is 1. The fourth-order valence-electron chi connectivity index (χ4n) is 1.88. The van der Waals surface area contributed by atoms with Gasteiger partial charge in [0.05, 0.1) is 5.56 Å². The number of benzene rings is 1. The molecule has 1 rings (SSSR count). The van der Waals surface area contributed by atoms with Gasteiger partial charge in [0.25, 0.3) is 5.91 Å². The van der Waals surface area contributed by atoms with Crippen molar-refractivity contribution in [3.63, 3.8) is 0 Å². The number of hydrogen-bond donors (Lipinski definition) is 1. The van der Waals surface area contributed by atoms with Gasteiger partial charge in [-0.15, -0.1) is 0 Å². The lowest BCUT2D eigenvalue weighted by Crippen LogP contribution is -2.30. The second kappa shape index (κ2) is 6.80. The van der Waals surface area contributed by atoms with Crippen LogP contribution in [0.2, 0.25) is 0 Å². The van der Waals surface area contributed by atoms with E-state index in [1.165, 1.54) is 11.0 Å². The van der Waals surface area contributed by atoms with Crippen LogP contribution in [0.25, 0.3) is 0 Å². The number of rotatable bonds is 5. The highest BCUT2D eigenvalue weighted by atomic mass is 19.4. The van der Waals surface area contributed by atoms with Crippen LogP contribution >= 0.6 is 0 Å². The number of carbonyl (C=O) groups is 1. The van der Waals surface area contributed by atoms with Crippen LogP contribution in [0.15, 0.2) is 18.2 Å². The third-order valence-corrected chi connectivity index (χ3v) is 3.05. The van der Waals surface area contributed by atoms with Gasteiger partial charge in [0.2, 0.25) is 0 Å². The molecule has 1 aromatic carbocycles. The van der Waals surface area contributed by atoms with Crippen molar-refractivity contribution >= 4 is 11.6 Å². The van der Waals surface area contributed by atoms with Crippen molar-refractivity contribution in [3.05, 3.63) is 29.3 Å². The van der Waals surface area contributed by atoms with Crippen molar-refractivity contribution in [1.82, 2.24) is 9.80 Å². The van der Waals surface area contributed by atoms with E-state index in [4.69, 9.17) is 5.73 Å². The van der Waals surface area contributed by atoms with Gasteiger partial charge < -0.3 is 15.5 Å². The molecule has 0 aliphatic rings. The van der Waals surface area contributed by atoms with E-state index in [1.54, 1.807) is 7.05 Å². The highest BCUT2D eigenvalue weighted by Gasteiger charge is 2.33. The highest BCUT2D eigenvalue weighted by Crippen LogP contribution is 2.34. The molecule has 7 heteroatoms. The molecule has 1 amide bonds. The second-order valence-electron chi connectivity index (χ2n) is 5.18. The summed E-state index contributed by atoms with van der Waals surface area (Å²) in [4.78, 5) is 15.5. The Labute approximate surface area is 122 Å². The Morgan fingerprint density at radius 2 is 1.81 bits per heavy atom. The number of nitrogens with zero attached hydrogens (tertiary/aromatic N) is 2. The minimum absolute atomic E-state index is 0.0103. The van der Waals surface area contributed by atoms with Crippen LogP contribution in [-0.4, -0.2) is 49.9 Å². The molecule has 1 aromatic rings. The molecular formula is C14H20F3N3O. The monoisotopic (exact) mass is 303 g/mol. The molecule has 0 unspecified atom stereocenters. The van der Waals surface area contributed by atoms with Crippen molar-refractivity contribution in [3.8, 4) is 0 Å². The molecule has 21 heavy (non-hydrogen) atoms. The molecule has 0 radical (unpaired) electrons. The Morgan fingerprint density at radius 3 is 2.33 bits per heavy atom. The van der Waals surface area contributed by atoms with Gasteiger partial charge in [0.1, 0.15) is 0 Å². The molecule has 0 saturated carbocycles. The van der Waals surface area contributed by atoms with Crippen LogP contribution in [0.5, 0.6) is 0 Å². The predicted molar refractivity (Wildman–Crippen MR) is 76.0 cm³/mol. The van der Waals surface area contributed by atoms with Crippen LogP contribution in [-0.2, 0) is 6.18 Å². The molecular weight excluding hydrogens is 283 g/mol. The van der Waals surface area contributed by atoms with E-state index in [0.717, 1.165) is 25.1 Å². The third kappa shape index (κ3) is 4.93. The standard InChI is InChI=1S/C14H20F3N3O/c1-19(2)7-4-8-20(3)13(21)10-5-6-12(18)11(9-10)14(15,16)17/h5-6,9H,4,7-8,18H2,1-3H3. The molecule has 0 atom stereocenters. The lowest BCUT2D eigenvalue weighted by atomic mass is 10.1. The molecule has 0 saturated heterocycles. The first-order valence-corrected chi connectivity index (χ1v) is 6.50. The van der Waals surface area contributed by atoms with E-state index in [0.29, 0.717) is 6.54 Å². The molecule has 118 valence electrons. The summed E-state index contributed by atoms with van der Waals surface area (Å²) in [6.07, 6.45) is -3.82. The normalized spacial score (nSPS) is 11.8. The summed E-state index contributed by atoms with van der Waals surface area (Å²) >= 11 is 0. The van der Waals surface area contributed by atoms with Crippen LogP contribution in [0, 0.1) is 0 Å². The number of hydrogen-bond acceptors (Lipinski definition) is 3. The third-order valence-electron chi connectivity index (χ3n) is 3.05. The number of carbonyl (C=O) groups excluding carboxylic acids is 1. The number of nitrogen functional groups attached to an aromatic ring is 1. The minimum Gasteiger partial charge on any atom is -0.398 e. The van der Waals surface area contributed by atoms with Crippen LogP contribution in [0.1, 0.15) is 22.3 Å². The number of halogens is 3. The van der Waals surface area contributed by atoms with E-state index in [9.17, 15) is 18.0 Å². The summed E-state index contributed by atoms with van der Waals surface area (Å²) in [5.74, 6) is -0.445. The van der Waals surface area contributed by atoms with Gasteiger partial charge in [0.15, 0.2) is 0 Å². The largest absolute Gasteiger partial charge is 0.418 e.